The van der Waals surface area contributed by atoms with Crippen molar-refractivity contribution in [2.75, 3.05) is 0 Å². The number of fused-ring (bicyclic) bond motifs is 7. The number of aromatic amines is 1. The Hall–Kier alpha value is -8.02. The van der Waals surface area contributed by atoms with Crippen LogP contribution in [0.15, 0.2) is 323 Å². The van der Waals surface area contributed by atoms with Gasteiger partial charge in [0.25, 0.3) is 20.6 Å². The number of halogens is 12. The predicted molar refractivity (Wildman–Crippen MR) is 459 cm³/mol. The summed E-state index contributed by atoms with van der Waals surface area (Å²) in [5, 5.41) is 23.2. The molecule has 0 aliphatic rings. The number of alkyl halides is 2. The van der Waals surface area contributed by atoms with Crippen LogP contribution in [0.3, 0.4) is 0 Å². The number of rotatable bonds is 12. The van der Waals surface area contributed by atoms with Gasteiger partial charge in [0.15, 0.2) is 10.3 Å². The van der Waals surface area contributed by atoms with E-state index in [1.54, 1.807) is 6.33 Å². The molecule has 0 unspecified atom stereocenters. The van der Waals surface area contributed by atoms with Gasteiger partial charge in [0.1, 0.15) is 36.5 Å². The van der Waals surface area contributed by atoms with Crippen LogP contribution in [0.25, 0.3) is 75.4 Å². The van der Waals surface area contributed by atoms with Crippen LogP contribution < -0.4 is 43.1 Å². The van der Waals surface area contributed by atoms with Crippen LogP contribution in [0.1, 0.15) is 38.9 Å². The molecule has 18 aromatic rings. The lowest BCUT2D eigenvalue weighted by Crippen LogP contribution is -3.00. The van der Waals surface area contributed by atoms with Gasteiger partial charge in [0, 0.05) is 17.2 Å². The molecule has 0 spiro atoms. The Morgan fingerprint density at radius 1 is 0.284 bits per heavy atom. The van der Waals surface area contributed by atoms with Crippen molar-refractivity contribution in [1.82, 2.24) is 28.7 Å². The van der Waals surface area contributed by atoms with Crippen LogP contribution >= 0.6 is 125 Å². The summed E-state index contributed by atoms with van der Waals surface area (Å²) in [5.41, 5.74) is 8.59. The highest BCUT2D eigenvalue weighted by atomic mass is 79.9. The molecule has 8 nitrogen and oxygen atoms in total. The van der Waals surface area contributed by atoms with Gasteiger partial charge < -0.3 is 43.5 Å². The largest absolute Gasteiger partial charge is 1.00 e. The molecule has 4 heterocycles. The van der Waals surface area contributed by atoms with Crippen LogP contribution in [-0.2, 0) is 43.4 Å². The van der Waals surface area contributed by atoms with E-state index in [0.717, 1.165) is 10.7 Å². The van der Waals surface area contributed by atoms with E-state index >= 15 is 0 Å². The van der Waals surface area contributed by atoms with E-state index in [2.05, 4.69) is 332 Å². The normalized spacial score (nSPS) is 10.8. The standard InChI is InChI=1S/2C25H19Cl2N2.C14H10Cl2N2.2C11H9Br.C3H2Cl2N2.2BrH/c2*26-24-25(27)29(16-19-10-12-21-6-2-4-8-23(21)14-19)17-28(24)15-18-9-11-20-5-1-3-7-22(20)13-18;15-13-14(16)18(9-17-13)8-10-5-6-11-3-1-2-4-12(11)7-10;2*12-8-9-5-6-10-3-1-2-4-11(10)7-9;4-2-3(5)7-1-6-2;;/h2*1-14,17H,15-16H2;1-7,9H,8H2;2*1-7H,8H2;1H,(H,6,7);2*1H/q2*+1;;;;;;/p-2. The zero-order valence-corrected chi connectivity index (χ0v) is 70.6. The molecule has 1 N–H and O–H groups in total. The Balaban J connectivity index is 0.000000137. The number of imidazole rings is 4. The summed E-state index contributed by atoms with van der Waals surface area (Å²) in [6, 6.07) is 104. The van der Waals surface area contributed by atoms with Gasteiger partial charge in [-0.1, -0.05) is 345 Å². The monoisotopic (exact) mass is 1840 g/mol. The number of nitrogens with one attached hydrogen (secondary N) is 1. The van der Waals surface area contributed by atoms with Crippen molar-refractivity contribution in [3.63, 3.8) is 0 Å². The Labute approximate surface area is 710 Å². The molecule has 109 heavy (non-hydrogen) atoms. The van der Waals surface area contributed by atoms with Gasteiger partial charge in [0.2, 0.25) is 12.7 Å². The molecule has 0 radical (unpaired) electrons. The highest BCUT2D eigenvalue weighted by Crippen LogP contribution is 2.28. The lowest BCUT2D eigenvalue weighted by atomic mass is 10.1. The van der Waals surface area contributed by atoms with E-state index in [4.69, 9.17) is 92.8 Å². The maximum Gasteiger partial charge on any atom is 0.255 e. The number of hydrogen-bond donors (Lipinski definition) is 1. The minimum Gasteiger partial charge on any atom is -1.00 e. The first-order chi connectivity index (χ1) is 52.2. The number of aromatic nitrogens is 8. The van der Waals surface area contributed by atoms with Crippen LogP contribution in [-0.4, -0.2) is 28.7 Å². The van der Waals surface area contributed by atoms with E-state index < -0.39 is 0 Å². The molecule has 0 aliphatic heterocycles. The summed E-state index contributed by atoms with van der Waals surface area (Å²) in [7, 11) is 0. The molecular formula is C89H68Br4Cl8N8. The van der Waals surface area contributed by atoms with E-state index in [1.165, 1.54) is 121 Å². The fourth-order valence-electron chi connectivity index (χ4n) is 12.5. The Morgan fingerprint density at radius 2 is 0.541 bits per heavy atom. The number of nitrogens with zero attached hydrogens (tertiary/aromatic N) is 7. The van der Waals surface area contributed by atoms with Crippen molar-refractivity contribution in [1.29, 1.82) is 0 Å². The molecule has 0 atom stereocenters. The average Bonchev–Trinajstić information content (AvgIpc) is 1.67. The number of hydrogen-bond acceptors (Lipinski definition) is 2. The van der Waals surface area contributed by atoms with Crippen LogP contribution in [0.4, 0.5) is 0 Å². The highest BCUT2D eigenvalue weighted by molar-refractivity contribution is 9.08. The van der Waals surface area contributed by atoms with Crippen molar-refractivity contribution in [3.8, 4) is 0 Å². The molecule has 0 aliphatic carbocycles. The van der Waals surface area contributed by atoms with E-state index in [1.807, 2.05) is 47.6 Å². The molecule has 0 saturated heterocycles. The third-order valence-electron chi connectivity index (χ3n) is 18.0. The van der Waals surface area contributed by atoms with Crippen molar-refractivity contribution >= 4 is 200 Å². The highest BCUT2D eigenvalue weighted by Gasteiger charge is 2.23. The van der Waals surface area contributed by atoms with Gasteiger partial charge in [-0.25, -0.2) is 28.2 Å². The minimum absolute atomic E-state index is 0. The number of H-pyrrole nitrogens is 1. The summed E-state index contributed by atoms with van der Waals surface area (Å²) in [5.74, 6) is 0. The Bertz CT molecular complexity index is 5590. The van der Waals surface area contributed by atoms with Crippen molar-refractivity contribution in [3.05, 3.63) is 403 Å². The van der Waals surface area contributed by atoms with Crippen molar-refractivity contribution < 1.29 is 43.1 Å². The first-order valence-electron chi connectivity index (χ1n) is 34.2. The summed E-state index contributed by atoms with van der Waals surface area (Å²) in [4.78, 5) is 10.2. The Kier molecular flexibility index (Phi) is 29.9. The molecule has 548 valence electrons. The first kappa shape index (κ1) is 82.0. The zero-order valence-electron chi connectivity index (χ0n) is 58.2. The summed E-state index contributed by atoms with van der Waals surface area (Å²) >= 11 is 55.7. The molecule has 0 saturated carbocycles. The first-order valence-corrected chi connectivity index (χ1v) is 39.5. The predicted octanol–water partition coefficient (Wildman–Crippen LogP) is 20.6. The zero-order chi connectivity index (χ0) is 74.2. The lowest BCUT2D eigenvalue weighted by molar-refractivity contribution is -0.685. The van der Waals surface area contributed by atoms with E-state index in [9.17, 15) is 0 Å². The second-order valence-corrected chi connectivity index (χ2v) is 29.4. The topological polar surface area (TPSA) is 64.1 Å². The van der Waals surface area contributed by atoms with Gasteiger partial charge in [-0.2, -0.15) is 0 Å². The van der Waals surface area contributed by atoms with Gasteiger partial charge >= 0.3 is 0 Å². The van der Waals surface area contributed by atoms with Crippen LogP contribution in [0.5, 0.6) is 0 Å². The van der Waals surface area contributed by atoms with Crippen molar-refractivity contribution in [2.45, 2.75) is 43.4 Å². The fraction of sp³-hybridized carbons (Fsp3) is 0.0787. The molecule has 4 aromatic heterocycles. The third kappa shape index (κ3) is 21.6. The Morgan fingerprint density at radius 3 is 0.789 bits per heavy atom. The lowest BCUT2D eigenvalue weighted by Gasteiger charge is -2.06. The smallest absolute Gasteiger partial charge is 0.255 e. The van der Waals surface area contributed by atoms with Gasteiger partial charge in [-0.15, -0.1) is 0 Å². The van der Waals surface area contributed by atoms with Gasteiger partial charge in [0.05, 0.1) is 12.7 Å². The molecule has 0 bridgehead atoms. The molecule has 0 amide bonds. The van der Waals surface area contributed by atoms with E-state index in [-0.39, 0.29) is 34.0 Å². The fourth-order valence-corrected chi connectivity index (χ4v) is 14.5. The average molecular weight is 1850 g/mol. The van der Waals surface area contributed by atoms with Gasteiger partial charge in [-0.3, -0.25) is 0 Å². The summed E-state index contributed by atoms with van der Waals surface area (Å²) in [6.45, 7) is 3.37. The van der Waals surface area contributed by atoms with Crippen molar-refractivity contribution in [2.24, 2.45) is 0 Å². The quantitative estimate of drug-likeness (QED) is 0.0979. The maximum absolute atomic E-state index is 6.55. The van der Waals surface area contributed by atoms with Crippen LogP contribution in [0.2, 0.25) is 41.2 Å². The molecule has 14 aromatic carbocycles. The second-order valence-electron chi connectivity index (χ2n) is 25.4. The number of benzene rings is 14. The van der Waals surface area contributed by atoms with Gasteiger partial charge in [-0.05, 0) is 191 Å². The summed E-state index contributed by atoms with van der Waals surface area (Å²) in [6.07, 6.45) is 7.08. The molecule has 18 rings (SSSR count). The maximum atomic E-state index is 6.55. The third-order valence-corrected chi connectivity index (χ3v) is 22.5. The summed E-state index contributed by atoms with van der Waals surface area (Å²) < 4.78 is 9.81. The molecule has 0 fully saturated rings. The SMILES string of the molecule is BrCc1ccc2ccccc2c1.BrCc1ccc2ccccc2c1.Clc1c(Cl)[n+](Cc2ccc3ccccc3c2)cn1Cc1ccc2ccccc2c1.Clc1c(Cl)[n+](Cc2ccc3ccccc3c2)cn1Cc1ccc2ccccc2c1.Clc1nc[nH]c1Cl.Clc1ncn(Cc2ccc3ccccc3c2)c1Cl.[Br-].[Br-]. The second kappa shape index (κ2) is 39.7. The minimum atomic E-state index is 0. The molecular weight excluding hydrogens is 1780 g/mol. The molecule has 20 heteroatoms. The van der Waals surface area contributed by atoms with Crippen LogP contribution in [0, 0.1) is 0 Å². The van der Waals surface area contributed by atoms with E-state index in [0.29, 0.717) is 73.9 Å².